The fourth-order valence-corrected chi connectivity index (χ4v) is 12.9. The summed E-state index contributed by atoms with van der Waals surface area (Å²) < 4.78 is 66.9. The molecule has 0 spiro atoms. The van der Waals surface area contributed by atoms with Crippen LogP contribution < -0.4 is 5.32 Å². The van der Waals surface area contributed by atoms with Crippen LogP contribution in [0, 0.1) is 36.0 Å². The molecule has 4 saturated heterocycles. The van der Waals surface area contributed by atoms with Gasteiger partial charge >= 0.3 is 12.1 Å². The molecule has 4 fully saturated rings. The van der Waals surface area contributed by atoms with Gasteiger partial charge in [-0.3, -0.25) is 9.59 Å². The van der Waals surface area contributed by atoms with E-state index in [0.717, 1.165) is 0 Å². The van der Waals surface area contributed by atoms with Crippen LogP contribution in [0.4, 0.5) is 4.79 Å². The van der Waals surface area contributed by atoms with E-state index in [1.165, 1.54) is 0 Å². The smallest absolute Gasteiger partial charge is 0.408 e. The summed E-state index contributed by atoms with van der Waals surface area (Å²) in [6.07, 6.45) is 0.603. The molecule has 0 saturated carbocycles. The molecule has 0 bridgehead atoms. The fraction of sp³-hybridized carbons (Fsp3) is 0.894. The average Bonchev–Trinajstić information content (AvgIpc) is 3.50. The summed E-state index contributed by atoms with van der Waals surface area (Å²) in [6.45, 7) is 31.5. The van der Waals surface area contributed by atoms with Crippen molar-refractivity contribution in [2.45, 2.75) is 218 Å². The van der Waals surface area contributed by atoms with Crippen LogP contribution in [0.1, 0.15) is 94.9 Å². The van der Waals surface area contributed by atoms with Crippen molar-refractivity contribution in [1.82, 2.24) is 10.2 Å². The molecule has 0 aliphatic carbocycles. The van der Waals surface area contributed by atoms with Crippen LogP contribution in [-0.2, 0) is 56.3 Å². The summed E-state index contributed by atoms with van der Waals surface area (Å²) in [5, 5.41) is 2.88. The van der Waals surface area contributed by atoms with Gasteiger partial charge in [-0.15, -0.1) is 6.42 Å². The van der Waals surface area contributed by atoms with Gasteiger partial charge in [-0.1, -0.05) is 33.6 Å². The Hall–Kier alpha value is -1.96. The predicted octanol–water partition coefficient (Wildman–Crippen LogP) is 6.92. The number of ether oxygens (including phenoxy) is 8. The summed E-state index contributed by atoms with van der Waals surface area (Å²) in [5.74, 6) is -1.10. The minimum atomic E-state index is -2.21. The zero-order chi connectivity index (χ0) is 48.5. The van der Waals surface area contributed by atoms with Gasteiger partial charge in [-0.2, -0.15) is 0 Å². The Kier molecular flexibility index (Phi) is 18.0. The lowest BCUT2D eigenvalue weighted by atomic mass is 9.73. The lowest BCUT2D eigenvalue weighted by Gasteiger charge is -2.51. The van der Waals surface area contributed by atoms with Crippen molar-refractivity contribution in [2.75, 3.05) is 27.8 Å². The molecule has 368 valence electrons. The van der Waals surface area contributed by atoms with Crippen LogP contribution in [0.15, 0.2) is 0 Å². The number of rotatable bonds is 13. The van der Waals surface area contributed by atoms with Crippen LogP contribution in [-0.4, -0.2) is 151 Å². The molecule has 64 heavy (non-hydrogen) atoms. The zero-order valence-corrected chi connectivity index (χ0v) is 44.5. The van der Waals surface area contributed by atoms with Crippen molar-refractivity contribution in [3.63, 3.8) is 0 Å². The number of nitrogens with one attached hydrogen (secondary N) is 1. The van der Waals surface area contributed by atoms with Gasteiger partial charge in [0.05, 0.1) is 53.7 Å². The van der Waals surface area contributed by atoms with E-state index in [9.17, 15) is 14.4 Å². The van der Waals surface area contributed by atoms with Crippen molar-refractivity contribution >= 4 is 34.5 Å². The number of cyclic esters (lactones) is 1. The molecule has 0 aromatic rings. The number of carbonyl (C=O) groups excluding carboxylic acids is 3. The Morgan fingerprint density at radius 1 is 0.844 bits per heavy atom. The normalized spacial score (nSPS) is 43.1. The molecule has 15 nitrogen and oxygen atoms in total. The molecule has 4 heterocycles. The third kappa shape index (κ3) is 12.6. The summed E-state index contributed by atoms with van der Waals surface area (Å²) in [6, 6.07) is -0.870. The topological polar surface area (TPSA) is 159 Å². The summed E-state index contributed by atoms with van der Waals surface area (Å²) >= 11 is 0. The first kappa shape index (κ1) is 54.6. The van der Waals surface area contributed by atoms with Gasteiger partial charge in [-0.05, 0) is 114 Å². The molecule has 1 amide bonds. The van der Waals surface area contributed by atoms with E-state index in [-0.39, 0.29) is 43.5 Å². The maximum Gasteiger partial charge on any atom is 0.408 e. The van der Waals surface area contributed by atoms with E-state index in [0.29, 0.717) is 12.8 Å². The van der Waals surface area contributed by atoms with E-state index in [4.69, 9.17) is 53.2 Å². The number of Topliss-reactive ketones (excluding diaryl/α,β-unsaturated/α-hetero) is 1. The maximum atomic E-state index is 14.9. The molecular formula is C47H84N2O13Si2. The molecule has 4 unspecified atom stereocenters. The molecule has 0 radical (unpaired) electrons. The Bertz CT molecular complexity index is 1650. The van der Waals surface area contributed by atoms with Crippen molar-refractivity contribution in [1.29, 1.82) is 0 Å². The number of likely N-dealkylation sites (N-methyl/N-ethyl adjacent to an activating group) is 1. The van der Waals surface area contributed by atoms with Crippen LogP contribution in [0.25, 0.3) is 0 Å². The Morgan fingerprint density at radius 2 is 1.47 bits per heavy atom. The minimum absolute atomic E-state index is 0.0613. The molecule has 4 aliphatic rings. The number of nitrogens with zero attached hydrogens (tertiary/aromatic N) is 1. The standard InChI is InChI=1S/C47H84N2O13Si2/c1-21-23-54-46(10)25-27(3)36(50)29(5)39-47(11,60-44(52)48-39)34(22-2)57-42(51)31(7)37(58-35-26-45(9,53-14)41(32(8)56-35)62-64(18,19)20)30(6)40(46)59-43-38(61-63(15,16)17)33(49(12)13)24-28(4)55-43/h1,27-35,37-41,43H,22-26H2,2-20H3,(H,48,52)/t27-,28-,29+,30+,31-,32?,33+,34-,35?,37+,38-,39-,40-,41?,43+,45?,46-,47-/m1/s1. The first-order chi connectivity index (χ1) is 29.4. The molecule has 4 aliphatic heterocycles. The van der Waals surface area contributed by atoms with E-state index < -0.39 is 118 Å². The van der Waals surface area contributed by atoms with Crippen LogP contribution in [0.5, 0.6) is 0 Å². The Balaban J connectivity index is 1.96. The minimum Gasteiger partial charge on any atom is -0.458 e. The van der Waals surface area contributed by atoms with Crippen LogP contribution in [0.3, 0.4) is 0 Å². The monoisotopic (exact) mass is 941 g/mol. The van der Waals surface area contributed by atoms with Gasteiger partial charge in [0, 0.05) is 37.3 Å². The second kappa shape index (κ2) is 21.1. The first-order valence-electron chi connectivity index (χ1n) is 23.4. The highest BCUT2D eigenvalue weighted by Gasteiger charge is 2.58. The van der Waals surface area contributed by atoms with E-state index in [1.807, 2.05) is 62.6 Å². The second-order valence-electron chi connectivity index (χ2n) is 21.9. The van der Waals surface area contributed by atoms with E-state index in [2.05, 4.69) is 55.4 Å². The molecule has 4 rings (SSSR count). The van der Waals surface area contributed by atoms with E-state index in [1.54, 1.807) is 27.9 Å². The Labute approximate surface area is 386 Å². The number of methoxy groups -OCH3 is 1. The largest absolute Gasteiger partial charge is 0.458 e. The fourth-order valence-electron chi connectivity index (χ4n) is 10.6. The van der Waals surface area contributed by atoms with Crippen LogP contribution >= 0.6 is 0 Å². The summed E-state index contributed by atoms with van der Waals surface area (Å²) in [4.78, 5) is 44.8. The summed E-state index contributed by atoms with van der Waals surface area (Å²) in [7, 11) is 1.45. The molecule has 18 atom stereocenters. The SMILES string of the molecule is C#CCO[C@]1(C)C[C@@H](C)C(=O)[C@H](C)[C@H]2NC(=O)O[C@]2(C)[C@@H](CC)OC(=O)[C@H](C)[C@@H](OC2CC(C)(OC)C(O[Si](C)(C)C)C(C)O2)[C@H](C)[C@H]1O[C@@H]1O[C@H](C)C[C@H](N(C)C)[C@H]1O[Si](C)(C)C. The zero-order valence-electron chi connectivity index (χ0n) is 42.5. The second-order valence-corrected chi connectivity index (χ2v) is 30.8. The third-order valence-corrected chi connectivity index (χ3v) is 15.7. The molecular weight excluding hydrogens is 857 g/mol. The molecule has 0 aromatic heterocycles. The van der Waals surface area contributed by atoms with Gasteiger partial charge in [0.1, 0.15) is 24.6 Å². The number of amides is 1. The highest BCUT2D eigenvalue weighted by atomic mass is 28.4. The summed E-state index contributed by atoms with van der Waals surface area (Å²) in [5.41, 5.74) is -3.47. The van der Waals surface area contributed by atoms with Gasteiger partial charge in [0.2, 0.25) is 0 Å². The molecule has 0 aromatic carbocycles. The highest BCUT2D eigenvalue weighted by molar-refractivity contribution is 6.70. The highest BCUT2D eigenvalue weighted by Crippen LogP contribution is 2.44. The van der Waals surface area contributed by atoms with Crippen molar-refractivity contribution in [3.8, 4) is 12.3 Å². The number of hydrogen-bond donors (Lipinski definition) is 1. The number of ketones is 1. The predicted molar refractivity (Wildman–Crippen MR) is 248 cm³/mol. The number of hydrogen-bond acceptors (Lipinski definition) is 14. The lowest BCUT2D eigenvalue weighted by Crippen LogP contribution is -2.63. The van der Waals surface area contributed by atoms with Crippen LogP contribution in [0.2, 0.25) is 39.3 Å². The maximum absolute atomic E-state index is 14.9. The number of alkyl carbamates (subject to hydrolysis) is 1. The number of esters is 1. The van der Waals surface area contributed by atoms with E-state index >= 15 is 0 Å². The van der Waals surface area contributed by atoms with Crippen molar-refractivity contribution < 1.29 is 61.1 Å². The van der Waals surface area contributed by atoms with Gasteiger partial charge < -0.3 is 57.0 Å². The quantitative estimate of drug-likeness (QED) is 0.115. The lowest BCUT2D eigenvalue weighted by molar-refractivity contribution is -0.317. The first-order valence-corrected chi connectivity index (χ1v) is 30.3. The molecule has 1 N–H and O–H groups in total. The van der Waals surface area contributed by atoms with Gasteiger partial charge in [-0.25, -0.2) is 4.79 Å². The van der Waals surface area contributed by atoms with Crippen molar-refractivity contribution in [3.05, 3.63) is 0 Å². The van der Waals surface area contributed by atoms with Gasteiger partial charge in [0.25, 0.3) is 0 Å². The number of terminal acetylenes is 1. The number of fused-ring (bicyclic) bond motifs is 1. The Morgan fingerprint density at radius 3 is 2.02 bits per heavy atom. The van der Waals surface area contributed by atoms with Gasteiger partial charge in [0.15, 0.2) is 34.8 Å². The third-order valence-electron chi connectivity index (χ3n) is 13.8. The van der Waals surface area contributed by atoms with Crippen molar-refractivity contribution in [2.24, 2.45) is 23.7 Å². The average molecular weight is 941 g/mol. The molecule has 17 heteroatoms. The number of carbonyl (C=O) groups is 3.